The van der Waals surface area contributed by atoms with Gasteiger partial charge in [0.1, 0.15) is 5.75 Å². The molecule has 0 spiro atoms. The summed E-state index contributed by atoms with van der Waals surface area (Å²) in [6, 6.07) is 22.7. The summed E-state index contributed by atoms with van der Waals surface area (Å²) in [5, 5.41) is 9.99. The highest BCUT2D eigenvalue weighted by molar-refractivity contribution is 5.87. The van der Waals surface area contributed by atoms with E-state index in [0.29, 0.717) is 0 Å². The third-order valence-corrected chi connectivity index (χ3v) is 7.85. The van der Waals surface area contributed by atoms with E-state index in [1.807, 2.05) is 0 Å². The third-order valence-electron chi connectivity index (χ3n) is 7.85. The van der Waals surface area contributed by atoms with Crippen LogP contribution in [-0.2, 0) is 12.0 Å². The summed E-state index contributed by atoms with van der Waals surface area (Å²) in [5.74, 6) is 0.914. The maximum absolute atomic E-state index is 9.99. The van der Waals surface area contributed by atoms with E-state index in [9.17, 15) is 5.11 Å². The van der Waals surface area contributed by atoms with Gasteiger partial charge in [-0.1, -0.05) is 65.7 Å². The molecule has 0 bridgehead atoms. The molecule has 2 heteroatoms. The van der Waals surface area contributed by atoms with E-state index in [2.05, 4.69) is 102 Å². The van der Waals surface area contributed by atoms with E-state index >= 15 is 0 Å². The van der Waals surface area contributed by atoms with Crippen LogP contribution in [0.4, 0.5) is 0 Å². The predicted octanol–water partition coefficient (Wildman–Crippen LogP) is 7.40. The monoisotopic (exact) mass is 462 g/mol. The minimum Gasteiger partial charge on any atom is -0.496 e. The fourth-order valence-corrected chi connectivity index (χ4v) is 6.14. The van der Waals surface area contributed by atoms with Crippen molar-refractivity contribution in [3.8, 4) is 16.9 Å². The summed E-state index contributed by atoms with van der Waals surface area (Å²) >= 11 is 0. The molecule has 0 heterocycles. The second kappa shape index (κ2) is 8.39. The first-order valence-corrected chi connectivity index (χ1v) is 12.3. The molecule has 4 aromatic rings. The number of hydrogen-bond donors (Lipinski definition) is 1. The fourth-order valence-electron chi connectivity index (χ4n) is 6.14. The van der Waals surface area contributed by atoms with Crippen molar-refractivity contribution < 1.29 is 9.84 Å². The number of aryl methyl sites for hydroxylation is 6. The van der Waals surface area contributed by atoms with E-state index in [0.717, 1.165) is 22.4 Å². The molecule has 0 amide bonds. The molecule has 178 valence electrons. The van der Waals surface area contributed by atoms with Gasteiger partial charge in [-0.2, -0.15) is 0 Å². The Morgan fingerprint density at radius 1 is 0.600 bits per heavy atom. The quantitative estimate of drug-likeness (QED) is 0.301. The van der Waals surface area contributed by atoms with Crippen LogP contribution in [0.3, 0.4) is 0 Å². The average Bonchev–Trinajstić information content (AvgIpc) is 3.10. The smallest absolute Gasteiger partial charge is 0.122 e. The van der Waals surface area contributed by atoms with Gasteiger partial charge in [-0.3, -0.25) is 0 Å². The van der Waals surface area contributed by atoms with Crippen molar-refractivity contribution in [1.29, 1.82) is 0 Å². The number of methoxy groups -OCH3 is 1. The van der Waals surface area contributed by atoms with E-state index < -0.39 is 5.41 Å². The van der Waals surface area contributed by atoms with Gasteiger partial charge in [-0.05, 0) is 109 Å². The molecule has 1 N–H and O–H groups in total. The highest BCUT2D eigenvalue weighted by atomic mass is 16.5. The molecule has 0 unspecified atom stereocenters. The topological polar surface area (TPSA) is 29.5 Å². The zero-order valence-electron chi connectivity index (χ0n) is 21.8. The second-order valence-corrected chi connectivity index (χ2v) is 10.2. The van der Waals surface area contributed by atoms with Crippen LogP contribution in [-0.4, -0.2) is 12.2 Å². The Kier molecular flexibility index (Phi) is 5.61. The Balaban J connectivity index is 2.03. The van der Waals surface area contributed by atoms with E-state index in [1.165, 1.54) is 55.6 Å². The first-order chi connectivity index (χ1) is 16.7. The molecule has 4 aromatic carbocycles. The highest BCUT2D eigenvalue weighted by Gasteiger charge is 2.48. The lowest BCUT2D eigenvalue weighted by atomic mass is 9.64. The maximum atomic E-state index is 9.99. The minimum atomic E-state index is -0.466. The Labute approximate surface area is 209 Å². The summed E-state index contributed by atoms with van der Waals surface area (Å²) in [6.45, 7) is 13.0. The lowest BCUT2D eigenvalue weighted by Gasteiger charge is -2.37. The van der Waals surface area contributed by atoms with Crippen LogP contribution in [0.15, 0.2) is 60.7 Å². The standard InChI is InChI=1S/C33H34O2/c1-19-8-10-26-27-11-9-20(2)13-31(27)33(30(26)12-19,28-15-21(3)25(18-34)14-22(28)4)29-16-24(6)32(35-7)17-23(29)5/h8-17,34H,18H2,1-7H3. The van der Waals surface area contributed by atoms with Crippen molar-refractivity contribution in [2.24, 2.45) is 0 Å². The molecular formula is C33H34O2. The lowest BCUT2D eigenvalue weighted by molar-refractivity contribution is 0.281. The van der Waals surface area contributed by atoms with Crippen LogP contribution >= 0.6 is 0 Å². The van der Waals surface area contributed by atoms with Crippen LogP contribution < -0.4 is 4.74 Å². The molecule has 0 saturated heterocycles. The molecule has 2 nitrogen and oxygen atoms in total. The molecule has 35 heavy (non-hydrogen) atoms. The lowest BCUT2D eigenvalue weighted by Crippen LogP contribution is -2.31. The SMILES string of the molecule is COc1cc(C)c(C2(c3cc(C)c(CO)cc3C)c3cc(C)ccc3-c3ccc(C)cc32)cc1C. The summed E-state index contributed by atoms with van der Waals surface area (Å²) in [4.78, 5) is 0. The number of aliphatic hydroxyl groups excluding tert-OH is 1. The van der Waals surface area contributed by atoms with Gasteiger partial charge < -0.3 is 9.84 Å². The molecule has 5 rings (SSSR count). The van der Waals surface area contributed by atoms with Crippen molar-refractivity contribution in [1.82, 2.24) is 0 Å². The largest absolute Gasteiger partial charge is 0.496 e. The summed E-state index contributed by atoms with van der Waals surface area (Å²) in [7, 11) is 1.74. The molecule has 0 aromatic heterocycles. The number of rotatable bonds is 4. The minimum absolute atomic E-state index is 0.0476. The molecule has 0 radical (unpaired) electrons. The molecular weight excluding hydrogens is 428 g/mol. The van der Waals surface area contributed by atoms with Gasteiger partial charge in [-0.15, -0.1) is 0 Å². The van der Waals surface area contributed by atoms with Crippen LogP contribution in [0.2, 0.25) is 0 Å². The number of fused-ring (bicyclic) bond motifs is 3. The van der Waals surface area contributed by atoms with Gasteiger partial charge in [0.25, 0.3) is 0 Å². The Bertz CT molecular complexity index is 1360. The van der Waals surface area contributed by atoms with Gasteiger partial charge in [0.05, 0.1) is 19.1 Å². The van der Waals surface area contributed by atoms with Gasteiger partial charge in [0.2, 0.25) is 0 Å². The molecule has 1 aliphatic rings. The molecule has 0 fully saturated rings. The zero-order chi connectivity index (χ0) is 25.1. The number of hydrogen-bond acceptors (Lipinski definition) is 2. The number of aliphatic hydroxyl groups is 1. The average molecular weight is 463 g/mol. The van der Waals surface area contributed by atoms with Gasteiger partial charge in [0, 0.05) is 0 Å². The predicted molar refractivity (Wildman–Crippen MR) is 145 cm³/mol. The van der Waals surface area contributed by atoms with Crippen molar-refractivity contribution in [3.63, 3.8) is 0 Å². The first-order valence-electron chi connectivity index (χ1n) is 12.3. The maximum Gasteiger partial charge on any atom is 0.122 e. The van der Waals surface area contributed by atoms with Crippen molar-refractivity contribution in [3.05, 3.63) is 122 Å². The number of ether oxygens (including phenoxy) is 1. The summed E-state index contributed by atoms with van der Waals surface area (Å²) < 4.78 is 5.70. The van der Waals surface area contributed by atoms with Crippen LogP contribution in [0, 0.1) is 41.5 Å². The third kappa shape index (κ3) is 3.35. The molecule has 0 saturated carbocycles. The van der Waals surface area contributed by atoms with Gasteiger partial charge in [0.15, 0.2) is 0 Å². The van der Waals surface area contributed by atoms with Crippen LogP contribution in [0.5, 0.6) is 5.75 Å². The summed E-state index contributed by atoms with van der Waals surface area (Å²) in [6.07, 6.45) is 0. The normalized spacial score (nSPS) is 13.5. The second-order valence-electron chi connectivity index (χ2n) is 10.2. The van der Waals surface area contributed by atoms with E-state index in [-0.39, 0.29) is 6.61 Å². The molecule has 0 aliphatic heterocycles. The van der Waals surface area contributed by atoms with Crippen LogP contribution in [0.1, 0.15) is 61.2 Å². The van der Waals surface area contributed by atoms with Crippen molar-refractivity contribution in [2.75, 3.05) is 7.11 Å². The summed E-state index contributed by atoms with van der Waals surface area (Å²) in [5.41, 5.74) is 15.5. The Hall–Kier alpha value is -3.36. The first kappa shape index (κ1) is 23.4. The number of benzene rings is 4. The Morgan fingerprint density at radius 2 is 1.11 bits per heavy atom. The van der Waals surface area contributed by atoms with Crippen molar-refractivity contribution in [2.45, 2.75) is 53.6 Å². The van der Waals surface area contributed by atoms with Gasteiger partial charge >= 0.3 is 0 Å². The Morgan fingerprint density at radius 3 is 1.63 bits per heavy atom. The zero-order valence-corrected chi connectivity index (χ0v) is 21.8. The molecule has 1 aliphatic carbocycles. The molecule has 0 atom stereocenters. The fraction of sp³-hybridized carbons (Fsp3) is 0.273. The van der Waals surface area contributed by atoms with Crippen molar-refractivity contribution >= 4 is 0 Å². The van der Waals surface area contributed by atoms with E-state index in [1.54, 1.807) is 7.11 Å². The van der Waals surface area contributed by atoms with Crippen LogP contribution in [0.25, 0.3) is 11.1 Å². The van der Waals surface area contributed by atoms with E-state index in [4.69, 9.17) is 4.74 Å². The van der Waals surface area contributed by atoms with Gasteiger partial charge in [-0.25, -0.2) is 0 Å². The highest BCUT2D eigenvalue weighted by Crippen LogP contribution is 2.58.